The lowest BCUT2D eigenvalue weighted by Crippen LogP contribution is -2.25. The number of aromatic nitrogens is 1. The molecule has 5 heteroatoms. The molecule has 1 aromatic carbocycles. The summed E-state index contributed by atoms with van der Waals surface area (Å²) in [4.78, 5) is 9.26. The number of rotatable bonds is 0. The molecule has 2 aliphatic rings. The van der Waals surface area contributed by atoms with Gasteiger partial charge < -0.3 is 0 Å². The van der Waals surface area contributed by atoms with Gasteiger partial charge in [-0.3, -0.25) is 0 Å². The molecule has 20 heavy (non-hydrogen) atoms. The minimum absolute atomic E-state index is 0. The number of benzene rings is 1. The molecule has 0 unspecified atom stereocenters. The first-order valence-electron chi connectivity index (χ1n) is 5.98. The van der Waals surface area contributed by atoms with Crippen LogP contribution in [-0.2, 0) is 6.42 Å². The number of halogens is 3. The van der Waals surface area contributed by atoms with Gasteiger partial charge in [-0.2, -0.15) is 0 Å². The maximum atomic E-state index is 6.49. The third kappa shape index (κ3) is 1.80. The molecule has 1 aliphatic carbocycles. The summed E-state index contributed by atoms with van der Waals surface area (Å²) in [5.41, 5.74) is 3.72. The predicted octanol–water partition coefficient (Wildman–Crippen LogP) is 3.55. The summed E-state index contributed by atoms with van der Waals surface area (Å²) in [6, 6.07) is 7.91. The van der Waals surface area contributed by atoms with E-state index < -0.39 is 0 Å². The molecule has 0 bridgehead atoms. The fourth-order valence-electron chi connectivity index (χ4n) is 2.51. The lowest BCUT2D eigenvalue weighted by Gasteiger charge is -2.09. The van der Waals surface area contributed by atoms with E-state index in [2.05, 4.69) is 9.98 Å². The van der Waals surface area contributed by atoms with E-state index in [9.17, 15) is 0 Å². The summed E-state index contributed by atoms with van der Waals surface area (Å²) in [7, 11) is 0. The Morgan fingerprint density at radius 2 is 1.90 bits per heavy atom. The van der Waals surface area contributed by atoms with Crippen molar-refractivity contribution in [2.24, 2.45) is 4.99 Å². The number of allylic oxidation sites excluding steroid dienone is 2. The molecule has 1 aromatic heterocycles. The topological polar surface area (TPSA) is 25.2 Å². The van der Waals surface area contributed by atoms with Gasteiger partial charge in [0.25, 0.3) is 0 Å². The molecule has 0 saturated carbocycles. The van der Waals surface area contributed by atoms with Crippen LogP contribution in [0.25, 0.3) is 16.3 Å². The van der Waals surface area contributed by atoms with Crippen LogP contribution in [0.15, 0.2) is 41.4 Å². The summed E-state index contributed by atoms with van der Waals surface area (Å²) in [6.07, 6.45) is 4.61. The number of hydrogen-bond donors (Lipinski definition) is 0. The zero-order valence-electron chi connectivity index (χ0n) is 10.2. The molecule has 0 atom stereocenters. The quantitative estimate of drug-likeness (QED) is 0.621. The number of hydrogen-bond acceptors (Lipinski definition) is 2. The van der Waals surface area contributed by atoms with Crippen LogP contribution in [0.5, 0.6) is 0 Å². The van der Waals surface area contributed by atoms with Crippen LogP contribution >= 0.6 is 35.6 Å². The standard InChI is InChI=1S/C15H8Cl2N2.ClH/c16-10-6-3-5-9-12(17)15-14(19-13(9)10)8-4-1-2-7-11(8)18-15;/h1-4,6-7H,5H2;1H. The van der Waals surface area contributed by atoms with E-state index in [-0.39, 0.29) is 12.4 Å². The van der Waals surface area contributed by atoms with Crippen LogP contribution in [0.1, 0.15) is 5.56 Å². The fourth-order valence-corrected chi connectivity index (χ4v) is 3.05. The van der Waals surface area contributed by atoms with Gasteiger partial charge in [0.1, 0.15) is 11.1 Å². The third-order valence-electron chi connectivity index (χ3n) is 3.41. The summed E-state index contributed by atoms with van der Waals surface area (Å²) in [5, 5.41) is 2.84. The second kappa shape index (κ2) is 4.88. The van der Waals surface area contributed by atoms with E-state index in [1.807, 2.05) is 36.4 Å². The highest BCUT2D eigenvalue weighted by Crippen LogP contribution is 2.32. The Morgan fingerprint density at radius 3 is 2.75 bits per heavy atom. The Hall–Kier alpha value is -1.35. The van der Waals surface area contributed by atoms with Gasteiger partial charge in [-0.25, -0.2) is 9.98 Å². The second-order valence-electron chi connectivity index (χ2n) is 4.53. The molecule has 2 nitrogen and oxygen atoms in total. The maximum absolute atomic E-state index is 6.49. The van der Waals surface area contributed by atoms with E-state index in [0.717, 1.165) is 39.6 Å². The summed E-state index contributed by atoms with van der Waals surface area (Å²) >= 11 is 12.7. The average molecular weight is 324 g/mol. The molecule has 0 amide bonds. The molecule has 1 aliphatic heterocycles. The van der Waals surface area contributed by atoms with Crippen molar-refractivity contribution in [2.45, 2.75) is 6.42 Å². The Labute approximate surface area is 131 Å². The number of nitrogens with zero attached hydrogens (tertiary/aromatic N) is 2. The molecule has 0 radical (unpaired) electrons. The van der Waals surface area contributed by atoms with Crippen LogP contribution in [0, 0.1) is 0 Å². The first-order chi connectivity index (χ1) is 9.25. The van der Waals surface area contributed by atoms with Crippen molar-refractivity contribution in [1.29, 1.82) is 0 Å². The minimum atomic E-state index is 0. The Morgan fingerprint density at radius 1 is 1.10 bits per heavy atom. The molecule has 100 valence electrons. The molecule has 4 rings (SSSR count). The summed E-state index contributed by atoms with van der Waals surface area (Å²) in [6.45, 7) is 0. The van der Waals surface area contributed by atoms with Crippen LogP contribution in [-0.4, -0.2) is 4.98 Å². The highest BCUT2D eigenvalue weighted by Gasteiger charge is 2.21. The van der Waals surface area contributed by atoms with Crippen LogP contribution < -0.4 is 10.7 Å². The van der Waals surface area contributed by atoms with Crippen molar-refractivity contribution >= 4 is 46.3 Å². The normalized spacial score (nSPS) is 14.0. The Kier molecular flexibility index (Phi) is 3.33. The molecule has 2 aromatic rings. The summed E-state index contributed by atoms with van der Waals surface area (Å²) < 4.78 is 0. The predicted molar refractivity (Wildman–Crippen MR) is 84.5 cm³/mol. The minimum Gasteiger partial charge on any atom is -0.244 e. The monoisotopic (exact) mass is 322 g/mol. The van der Waals surface area contributed by atoms with E-state index in [0.29, 0.717) is 10.1 Å². The van der Waals surface area contributed by atoms with Crippen LogP contribution in [0.3, 0.4) is 0 Å². The van der Waals surface area contributed by atoms with Gasteiger partial charge in [0, 0.05) is 11.1 Å². The molecule has 2 heterocycles. The first kappa shape index (κ1) is 13.6. The lowest BCUT2D eigenvalue weighted by atomic mass is 10.1. The number of fused-ring (bicyclic) bond motifs is 4. The van der Waals surface area contributed by atoms with Crippen molar-refractivity contribution in [1.82, 2.24) is 4.98 Å². The molecule has 0 spiro atoms. The van der Waals surface area contributed by atoms with Crippen molar-refractivity contribution < 1.29 is 0 Å². The van der Waals surface area contributed by atoms with Gasteiger partial charge in [-0.1, -0.05) is 47.5 Å². The zero-order chi connectivity index (χ0) is 13.0. The van der Waals surface area contributed by atoms with Gasteiger partial charge in [0.2, 0.25) is 0 Å². The first-order valence-corrected chi connectivity index (χ1v) is 6.74. The fraction of sp³-hybridized carbons (Fsp3) is 0.0667. The van der Waals surface area contributed by atoms with Crippen molar-refractivity contribution in [3.8, 4) is 11.3 Å². The molecule has 0 fully saturated rings. The smallest absolute Gasteiger partial charge is 0.109 e. The Bertz CT molecular complexity index is 869. The molecule has 0 saturated heterocycles. The molecule has 0 N–H and O–H groups in total. The lowest BCUT2D eigenvalue weighted by molar-refractivity contribution is 1.10. The maximum Gasteiger partial charge on any atom is 0.109 e. The largest absolute Gasteiger partial charge is 0.244 e. The highest BCUT2D eigenvalue weighted by molar-refractivity contribution is 6.47. The summed E-state index contributed by atoms with van der Waals surface area (Å²) in [5.74, 6) is 0. The van der Waals surface area contributed by atoms with Crippen LogP contribution in [0.2, 0.25) is 5.02 Å². The van der Waals surface area contributed by atoms with E-state index >= 15 is 0 Å². The van der Waals surface area contributed by atoms with Gasteiger partial charge in [-0.05, 0) is 18.6 Å². The highest BCUT2D eigenvalue weighted by atomic mass is 35.5. The van der Waals surface area contributed by atoms with Crippen molar-refractivity contribution in [3.63, 3.8) is 0 Å². The van der Waals surface area contributed by atoms with Crippen molar-refractivity contribution in [2.75, 3.05) is 0 Å². The van der Waals surface area contributed by atoms with Crippen LogP contribution in [0.4, 0.5) is 5.69 Å². The zero-order valence-corrected chi connectivity index (χ0v) is 12.6. The van der Waals surface area contributed by atoms with Gasteiger partial charge in [0.05, 0.1) is 21.1 Å². The van der Waals surface area contributed by atoms with Gasteiger partial charge in [0.15, 0.2) is 0 Å². The van der Waals surface area contributed by atoms with E-state index in [1.165, 1.54) is 0 Å². The number of para-hydroxylation sites is 1. The molecular formula is C15H9Cl3N2. The second-order valence-corrected chi connectivity index (χ2v) is 5.32. The average Bonchev–Trinajstić information content (AvgIpc) is 2.80. The third-order valence-corrected chi connectivity index (χ3v) is 4.12. The van der Waals surface area contributed by atoms with E-state index in [1.54, 1.807) is 0 Å². The van der Waals surface area contributed by atoms with Crippen molar-refractivity contribution in [3.05, 3.63) is 57.7 Å². The Balaban J connectivity index is 0.00000121. The van der Waals surface area contributed by atoms with E-state index in [4.69, 9.17) is 23.2 Å². The SMILES string of the molecule is Cl.ClC1=c2nc3c(c(Cl)c2CC=C1)=Nc1ccccc1-3. The molecular weight excluding hydrogens is 315 g/mol. The number of pyridine rings is 1. The van der Waals surface area contributed by atoms with Gasteiger partial charge >= 0.3 is 0 Å². The van der Waals surface area contributed by atoms with Gasteiger partial charge in [-0.15, -0.1) is 12.4 Å².